The second kappa shape index (κ2) is 5.68. The average Bonchev–Trinajstić information content (AvgIpc) is 3.33. The summed E-state index contributed by atoms with van der Waals surface area (Å²) in [6.07, 6.45) is 2.21. The van der Waals surface area contributed by atoms with Gasteiger partial charge in [-0.2, -0.15) is 0 Å². The molecule has 0 radical (unpaired) electrons. The van der Waals surface area contributed by atoms with Crippen molar-refractivity contribution in [1.82, 2.24) is 5.32 Å². The van der Waals surface area contributed by atoms with Gasteiger partial charge in [0.1, 0.15) is 5.82 Å². The fraction of sp³-hybridized carbons (Fsp3) is 0.278. The maximum atomic E-state index is 14.1. The van der Waals surface area contributed by atoms with Crippen LogP contribution in [0, 0.1) is 18.7 Å². The molecule has 2 aromatic rings. The van der Waals surface area contributed by atoms with E-state index in [-0.39, 0.29) is 17.5 Å². The van der Waals surface area contributed by atoms with Gasteiger partial charge in [-0.25, -0.2) is 4.39 Å². The highest BCUT2D eigenvalue weighted by Crippen LogP contribution is 2.41. The number of halogens is 1. The second-order valence-electron chi connectivity index (χ2n) is 5.64. The largest absolute Gasteiger partial charge is 0.345 e. The summed E-state index contributed by atoms with van der Waals surface area (Å²) >= 11 is 0. The van der Waals surface area contributed by atoms with E-state index in [0.29, 0.717) is 11.5 Å². The number of aryl methyl sites for hydroxylation is 1. The standard InChI is InChI=1S/C18H18FNO/c1-12-6-5-9-15(16(12)19)18(21)20-17(14-10-11-14)13-7-3-2-4-8-13/h2-9,14,17H,10-11H2,1H3,(H,20,21). The summed E-state index contributed by atoms with van der Waals surface area (Å²) in [7, 11) is 0. The molecule has 2 aromatic carbocycles. The zero-order valence-corrected chi connectivity index (χ0v) is 12.0. The van der Waals surface area contributed by atoms with Crippen molar-refractivity contribution in [3.05, 3.63) is 71.0 Å². The van der Waals surface area contributed by atoms with Crippen molar-refractivity contribution in [1.29, 1.82) is 0 Å². The Morgan fingerprint density at radius 3 is 2.52 bits per heavy atom. The first kappa shape index (κ1) is 13.8. The van der Waals surface area contributed by atoms with Gasteiger partial charge in [-0.05, 0) is 42.9 Å². The summed E-state index contributed by atoms with van der Waals surface area (Å²) in [4.78, 5) is 12.4. The van der Waals surface area contributed by atoms with Gasteiger partial charge in [0.15, 0.2) is 0 Å². The molecule has 0 heterocycles. The van der Waals surface area contributed by atoms with E-state index in [4.69, 9.17) is 0 Å². The molecule has 1 N–H and O–H groups in total. The number of carbonyl (C=O) groups excluding carboxylic acids is 1. The minimum absolute atomic E-state index is 0.0291. The van der Waals surface area contributed by atoms with Gasteiger partial charge in [-0.3, -0.25) is 4.79 Å². The fourth-order valence-corrected chi connectivity index (χ4v) is 2.61. The third kappa shape index (κ3) is 2.97. The van der Waals surface area contributed by atoms with Crippen LogP contribution in [0.4, 0.5) is 4.39 Å². The average molecular weight is 283 g/mol. The van der Waals surface area contributed by atoms with E-state index in [1.807, 2.05) is 30.3 Å². The van der Waals surface area contributed by atoms with Gasteiger partial charge in [0.05, 0.1) is 11.6 Å². The minimum atomic E-state index is -0.433. The van der Waals surface area contributed by atoms with E-state index in [2.05, 4.69) is 5.32 Å². The Kier molecular flexibility index (Phi) is 3.74. The molecule has 1 unspecified atom stereocenters. The van der Waals surface area contributed by atoms with Crippen molar-refractivity contribution in [2.75, 3.05) is 0 Å². The second-order valence-corrected chi connectivity index (χ2v) is 5.64. The smallest absolute Gasteiger partial charge is 0.254 e. The van der Waals surface area contributed by atoms with Gasteiger partial charge < -0.3 is 5.32 Å². The Morgan fingerprint density at radius 1 is 1.14 bits per heavy atom. The molecule has 3 heteroatoms. The van der Waals surface area contributed by atoms with Crippen LogP contribution in [0.15, 0.2) is 48.5 Å². The number of hydrogen-bond donors (Lipinski definition) is 1. The summed E-state index contributed by atoms with van der Waals surface area (Å²) < 4.78 is 14.1. The molecule has 3 rings (SSSR count). The molecule has 108 valence electrons. The molecule has 0 spiro atoms. The zero-order chi connectivity index (χ0) is 14.8. The zero-order valence-electron chi connectivity index (χ0n) is 12.0. The highest BCUT2D eigenvalue weighted by molar-refractivity contribution is 5.95. The summed E-state index contributed by atoms with van der Waals surface area (Å²) in [5, 5.41) is 3.00. The molecule has 0 bridgehead atoms. The molecule has 1 amide bonds. The number of nitrogens with one attached hydrogen (secondary N) is 1. The maximum absolute atomic E-state index is 14.1. The molecule has 0 saturated heterocycles. The number of benzene rings is 2. The van der Waals surface area contributed by atoms with E-state index in [9.17, 15) is 9.18 Å². The molecular formula is C18H18FNO. The fourth-order valence-electron chi connectivity index (χ4n) is 2.61. The summed E-state index contributed by atoms with van der Waals surface area (Å²) in [6.45, 7) is 1.67. The lowest BCUT2D eigenvalue weighted by Crippen LogP contribution is -2.30. The number of hydrogen-bond acceptors (Lipinski definition) is 1. The normalized spacial score (nSPS) is 15.5. The molecule has 1 saturated carbocycles. The lowest BCUT2D eigenvalue weighted by Gasteiger charge is -2.19. The minimum Gasteiger partial charge on any atom is -0.345 e. The Labute approximate surface area is 124 Å². The molecule has 21 heavy (non-hydrogen) atoms. The van der Waals surface area contributed by atoms with Gasteiger partial charge in [0.25, 0.3) is 5.91 Å². The first-order valence-corrected chi connectivity index (χ1v) is 7.27. The van der Waals surface area contributed by atoms with Crippen LogP contribution in [-0.2, 0) is 0 Å². The van der Waals surface area contributed by atoms with Crippen LogP contribution >= 0.6 is 0 Å². The number of carbonyl (C=O) groups is 1. The van der Waals surface area contributed by atoms with E-state index in [1.54, 1.807) is 19.1 Å². The SMILES string of the molecule is Cc1cccc(C(=O)NC(c2ccccc2)C2CC2)c1F. The quantitative estimate of drug-likeness (QED) is 0.902. The van der Waals surface area contributed by atoms with Crippen LogP contribution in [0.1, 0.15) is 40.4 Å². The molecular weight excluding hydrogens is 265 g/mol. The van der Waals surface area contributed by atoms with Crippen molar-refractivity contribution in [2.24, 2.45) is 5.92 Å². The van der Waals surface area contributed by atoms with Gasteiger partial charge in [0, 0.05) is 0 Å². The first-order valence-electron chi connectivity index (χ1n) is 7.27. The maximum Gasteiger partial charge on any atom is 0.254 e. The van der Waals surface area contributed by atoms with Crippen LogP contribution in [0.3, 0.4) is 0 Å². The van der Waals surface area contributed by atoms with Gasteiger partial charge in [0.2, 0.25) is 0 Å². The van der Waals surface area contributed by atoms with Gasteiger partial charge >= 0.3 is 0 Å². The third-order valence-electron chi connectivity index (χ3n) is 3.98. The number of rotatable bonds is 4. The Bertz CT molecular complexity index is 650. The van der Waals surface area contributed by atoms with Crippen molar-refractivity contribution >= 4 is 5.91 Å². The molecule has 1 atom stereocenters. The van der Waals surface area contributed by atoms with E-state index in [0.717, 1.165) is 18.4 Å². The Balaban J connectivity index is 1.83. The predicted octanol–water partition coefficient (Wildman–Crippen LogP) is 4.02. The topological polar surface area (TPSA) is 29.1 Å². The van der Waals surface area contributed by atoms with Crippen LogP contribution in [0.25, 0.3) is 0 Å². The van der Waals surface area contributed by atoms with Crippen LogP contribution in [0.2, 0.25) is 0 Å². The van der Waals surface area contributed by atoms with E-state index in [1.165, 1.54) is 6.07 Å². The van der Waals surface area contributed by atoms with Crippen LogP contribution in [-0.4, -0.2) is 5.91 Å². The van der Waals surface area contributed by atoms with Crippen molar-refractivity contribution < 1.29 is 9.18 Å². The lowest BCUT2D eigenvalue weighted by atomic mass is 10.0. The van der Waals surface area contributed by atoms with Crippen LogP contribution < -0.4 is 5.32 Å². The van der Waals surface area contributed by atoms with Gasteiger partial charge in [-0.1, -0.05) is 42.5 Å². The predicted molar refractivity (Wildman–Crippen MR) is 80.5 cm³/mol. The Hall–Kier alpha value is -2.16. The highest BCUT2D eigenvalue weighted by Gasteiger charge is 2.33. The first-order chi connectivity index (χ1) is 10.2. The number of amides is 1. The van der Waals surface area contributed by atoms with Crippen molar-refractivity contribution in [3.63, 3.8) is 0 Å². The third-order valence-corrected chi connectivity index (χ3v) is 3.98. The molecule has 0 aromatic heterocycles. The van der Waals surface area contributed by atoms with Crippen LogP contribution in [0.5, 0.6) is 0 Å². The molecule has 1 aliphatic carbocycles. The molecule has 0 aliphatic heterocycles. The summed E-state index contributed by atoms with van der Waals surface area (Å²) in [5.74, 6) is -0.307. The molecule has 1 fully saturated rings. The molecule has 1 aliphatic rings. The lowest BCUT2D eigenvalue weighted by molar-refractivity contribution is 0.0927. The van der Waals surface area contributed by atoms with Gasteiger partial charge in [-0.15, -0.1) is 0 Å². The molecule has 2 nitrogen and oxygen atoms in total. The summed E-state index contributed by atoms with van der Waals surface area (Å²) in [5.41, 5.74) is 1.70. The van der Waals surface area contributed by atoms with Crippen molar-refractivity contribution in [3.8, 4) is 0 Å². The van der Waals surface area contributed by atoms with E-state index < -0.39 is 5.82 Å². The van der Waals surface area contributed by atoms with E-state index >= 15 is 0 Å². The van der Waals surface area contributed by atoms with Crippen molar-refractivity contribution in [2.45, 2.75) is 25.8 Å². The highest BCUT2D eigenvalue weighted by atomic mass is 19.1. The summed E-state index contributed by atoms with van der Waals surface area (Å²) in [6, 6.07) is 14.8. The monoisotopic (exact) mass is 283 g/mol. The Morgan fingerprint density at radius 2 is 1.86 bits per heavy atom.